The summed E-state index contributed by atoms with van der Waals surface area (Å²) in [5.74, 6) is 2.52. The number of rotatable bonds is 8. The van der Waals surface area contributed by atoms with E-state index in [0.29, 0.717) is 48.3 Å². The van der Waals surface area contributed by atoms with Gasteiger partial charge in [-0.3, -0.25) is 0 Å². The van der Waals surface area contributed by atoms with Gasteiger partial charge in [-0.05, 0) is 98.7 Å². The number of hydrogen-bond acceptors (Lipinski definition) is 17. The van der Waals surface area contributed by atoms with E-state index in [1.54, 1.807) is 0 Å². The highest BCUT2D eigenvalue weighted by Crippen LogP contribution is 2.70. The van der Waals surface area contributed by atoms with Gasteiger partial charge in [0.15, 0.2) is 24.7 Å². The molecule has 7 unspecified atom stereocenters. The molecule has 0 aromatic heterocycles. The Morgan fingerprint density at radius 3 is 2.03 bits per heavy atom. The van der Waals surface area contributed by atoms with Crippen molar-refractivity contribution >= 4 is 0 Å². The first-order valence-corrected chi connectivity index (χ1v) is 23.4. The molecule has 0 radical (unpaired) electrons. The van der Waals surface area contributed by atoms with Crippen LogP contribution in [0.4, 0.5) is 0 Å². The third-order valence-corrected chi connectivity index (χ3v) is 17.7. The van der Waals surface area contributed by atoms with E-state index in [0.717, 1.165) is 51.6 Å². The fourth-order valence-corrected chi connectivity index (χ4v) is 14.0. The molecule has 354 valence electrons. The van der Waals surface area contributed by atoms with Crippen LogP contribution in [-0.4, -0.2) is 176 Å². The van der Waals surface area contributed by atoms with Crippen LogP contribution < -0.4 is 0 Å². The first-order valence-electron chi connectivity index (χ1n) is 23.4. The predicted molar refractivity (Wildman–Crippen MR) is 214 cm³/mol. The molecular formula is C45H72O17. The summed E-state index contributed by atoms with van der Waals surface area (Å²) >= 11 is 0. The molecule has 0 aromatic rings. The lowest BCUT2D eigenvalue weighted by Gasteiger charge is -2.59. The lowest BCUT2D eigenvalue weighted by atomic mass is 9.47. The Bertz CT molecular complexity index is 1610. The average Bonchev–Trinajstić information content (AvgIpc) is 3.70. The molecule has 5 aliphatic heterocycles. The molecule has 9 N–H and O–H groups in total. The number of ether oxygens (including phenoxy) is 8. The summed E-state index contributed by atoms with van der Waals surface area (Å²) in [5.41, 5.74) is 1.45. The Hall–Kier alpha value is -0.940. The van der Waals surface area contributed by atoms with Gasteiger partial charge in [-0.1, -0.05) is 39.3 Å². The SMILES string of the molecule is CC1C2C(CC3C4CC=C5C[C@@H](O[C@@H]6O[C@H](CO)[C@H](O)[C@H](O[C@@H]7O[C@H](CO)[C@@H](O)[C@H](O)[C@H]7O)[C@H]6O[C@@H]6O[C@@H](C)[C@H](O)[C@@H](O)[C@H]6O)CC[C@]5(C)C4CC[C@@]32C)OC12CC[C@@H](C)CO2. The molecule has 0 bridgehead atoms. The molecule has 1 spiro atoms. The normalized spacial score (nSPS) is 57.6. The maximum atomic E-state index is 11.6. The second kappa shape index (κ2) is 17.3. The van der Waals surface area contributed by atoms with Gasteiger partial charge < -0.3 is 83.9 Å². The van der Waals surface area contributed by atoms with Crippen LogP contribution in [0.3, 0.4) is 0 Å². The van der Waals surface area contributed by atoms with Crippen molar-refractivity contribution < 1.29 is 83.9 Å². The third-order valence-electron chi connectivity index (χ3n) is 17.7. The summed E-state index contributed by atoms with van der Waals surface area (Å²) in [6, 6.07) is 0. The molecule has 5 heterocycles. The van der Waals surface area contributed by atoms with Gasteiger partial charge in [-0.25, -0.2) is 0 Å². The van der Waals surface area contributed by atoms with Crippen LogP contribution in [-0.2, 0) is 37.9 Å². The van der Waals surface area contributed by atoms with Crippen LogP contribution in [0.25, 0.3) is 0 Å². The Balaban J connectivity index is 0.940. The second-order valence-corrected chi connectivity index (χ2v) is 21.1. The molecular weight excluding hydrogens is 812 g/mol. The van der Waals surface area contributed by atoms with Gasteiger partial charge in [0.25, 0.3) is 0 Å². The largest absolute Gasteiger partial charge is 0.394 e. The Morgan fingerprint density at radius 2 is 1.34 bits per heavy atom. The van der Waals surface area contributed by atoms with Crippen molar-refractivity contribution in [2.45, 2.75) is 203 Å². The molecule has 5 saturated heterocycles. The van der Waals surface area contributed by atoms with Crippen LogP contribution in [0, 0.1) is 46.3 Å². The van der Waals surface area contributed by atoms with Gasteiger partial charge in [-0.2, -0.15) is 0 Å². The standard InChI is InChI=1S/C45H72O17/c1-19-8-13-45(55-18-19)20(2)30-27(62-45)15-26-24-7-6-22-14-23(9-11-43(22,4)25(24)10-12-44(26,30)5)57-42-39(61-40-36(53)34(51)31(48)21(3)56-40)38(33(50)29(17-47)59-42)60-41-37(54)35(52)32(49)28(16-46)58-41/h6,19-21,23-42,46-54H,7-18H2,1-5H3/t19-,20?,21+,23+,24?,25?,26?,27?,28-,29-,30?,31+,32-,33+,34-,35+,36-,37-,38+,39-,40+,41+,42-,43+,44+,45?/m1/s1. The lowest BCUT2D eigenvalue weighted by Crippen LogP contribution is -2.67. The van der Waals surface area contributed by atoms with E-state index in [4.69, 9.17) is 37.9 Å². The maximum Gasteiger partial charge on any atom is 0.187 e. The zero-order chi connectivity index (χ0) is 44.2. The Labute approximate surface area is 363 Å². The average molecular weight is 885 g/mol. The van der Waals surface area contributed by atoms with Crippen LogP contribution >= 0.6 is 0 Å². The summed E-state index contributed by atoms with van der Waals surface area (Å²) in [7, 11) is 0. The highest BCUT2D eigenvalue weighted by Gasteiger charge is 2.69. The van der Waals surface area contributed by atoms with Crippen molar-refractivity contribution in [2.75, 3.05) is 19.8 Å². The Morgan fingerprint density at radius 1 is 0.677 bits per heavy atom. The molecule has 9 rings (SSSR count). The zero-order valence-electron chi connectivity index (χ0n) is 36.6. The Kier molecular flexibility index (Phi) is 12.9. The number of fused-ring (bicyclic) bond motifs is 7. The smallest absolute Gasteiger partial charge is 0.187 e. The summed E-state index contributed by atoms with van der Waals surface area (Å²) in [5, 5.41) is 95.8. The second-order valence-electron chi connectivity index (χ2n) is 21.1. The molecule has 62 heavy (non-hydrogen) atoms. The third kappa shape index (κ3) is 7.49. The van der Waals surface area contributed by atoms with Crippen LogP contribution in [0.5, 0.6) is 0 Å². The van der Waals surface area contributed by atoms with Crippen LogP contribution in [0.15, 0.2) is 11.6 Å². The van der Waals surface area contributed by atoms with E-state index in [2.05, 4.69) is 33.8 Å². The van der Waals surface area contributed by atoms with Gasteiger partial charge in [0.05, 0.1) is 38.1 Å². The molecule has 0 amide bonds. The van der Waals surface area contributed by atoms with Crippen molar-refractivity contribution in [3.05, 3.63) is 11.6 Å². The first-order chi connectivity index (χ1) is 29.4. The minimum absolute atomic E-state index is 0.0484. The molecule has 3 saturated carbocycles. The lowest BCUT2D eigenvalue weighted by molar-refractivity contribution is -0.394. The van der Waals surface area contributed by atoms with E-state index < -0.39 is 117 Å². The number of allylic oxidation sites excluding steroid dienone is 1. The number of aliphatic hydroxyl groups excluding tert-OH is 9. The van der Waals surface area contributed by atoms with E-state index in [1.807, 2.05) is 0 Å². The molecule has 17 heteroatoms. The summed E-state index contributed by atoms with van der Waals surface area (Å²) < 4.78 is 50.3. The minimum Gasteiger partial charge on any atom is -0.394 e. The molecule has 17 nitrogen and oxygen atoms in total. The molecule has 8 fully saturated rings. The number of hydrogen-bond donors (Lipinski definition) is 9. The van der Waals surface area contributed by atoms with Gasteiger partial charge in [0, 0.05) is 12.3 Å². The van der Waals surface area contributed by atoms with Crippen LogP contribution in [0.1, 0.15) is 92.4 Å². The highest BCUT2D eigenvalue weighted by atomic mass is 16.8. The molecule has 0 aromatic carbocycles. The summed E-state index contributed by atoms with van der Waals surface area (Å²) in [6.07, 6.45) is -12.4. The predicted octanol–water partition coefficient (Wildman–Crippen LogP) is 0.214. The van der Waals surface area contributed by atoms with Crippen molar-refractivity contribution in [2.24, 2.45) is 46.3 Å². The van der Waals surface area contributed by atoms with E-state index >= 15 is 0 Å². The fraction of sp³-hybridized carbons (Fsp3) is 0.956. The fourth-order valence-electron chi connectivity index (χ4n) is 14.0. The quantitative estimate of drug-likeness (QED) is 0.148. The van der Waals surface area contributed by atoms with Gasteiger partial charge in [-0.15, -0.1) is 0 Å². The van der Waals surface area contributed by atoms with Crippen LogP contribution in [0.2, 0.25) is 0 Å². The van der Waals surface area contributed by atoms with Gasteiger partial charge in [0.1, 0.15) is 67.1 Å². The van der Waals surface area contributed by atoms with Gasteiger partial charge in [0.2, 0.25) is 0 Å². The van der Waals surface area contributed by atoms with E-state index in [9.17, 15) is 46.0 Å². The topological polar surface area (TPSA) is 256 Å². The summed E-state index contributed by atoms with van der Waals surface area (Å²) in [4.78, 5) is 0. The van der Waals surface area contributed by atoms with Crippen molar-refractivity contribution in [3.63, 3.8) is 0 Å². The maximum absolute atomic E-state index is 11.6. The van der Waals surface area contributed by atoms with E-state index in [-0.39, 0.29) is 16.9 Å². The minimum atomic E-state index is -1.84. The van der Waals surface area contributed by atoms with Crippen molar-refractivity contribution in [1.82, 2.24) is 0 Å². The molecule has 26 atom stereocenters. The first kappa shape index (κ1) is 46.2. The highest BCUT2D eigenvalue weighted by molar-refractivity contribution is 5.26. The van der Waals surface area contributed by atoms with Gasteiger partial charge >= 0.3 is 0 Å². The number of aliphatic hydroxyl groups is 9. The summed E-state index contributed by atoms with van der Waals surface area (Å²) in [6.45, 7) is 10.4. The zero-order valence-corrected chi connectivity index (χ0v) is 36.6. The molecule has 4 aliphatic carbocycles. The van der Waals surface area contributed by atoms with Crippen molar-refractivity contribution in [1.29, 1.82) is 0 Å². The van der Waals surface area contributed by atoms with E-state index in [1.165, 1.54) is 12.5 Å². The molecule has 9 aliphatic rings. The monoisotopic (exact) mass is 884 g/mol. The van der Waals surface area contributed by atoms with Crippen molar-refractivity contribution in [3.8, 4) is 0 Å².